The van der Waals surface area contributed by atoms with Crippen molar-refractivity contribution in [1.82, 2.24) is 0 Å². The normalized spacial score (nSPS) is 11.7. The quantitative estimate of drug-likeness (QED) is 0.134. The van der Waals surface area contributed by atoms with Gasteiger partial charge in [-0.25, -0.2) is 0 Å². The van der Waals surface area contributed by atoms with Gasteiger partial charge >= 0.3 is 0 Å². The van der Waals surface area contributed by atoms with Gasteiger partial charge in [0.2, 0.25) is 0 Å². The molecule has 0 saturated carbocycles. The molecule has 65 heavy (non-hydrogen) atoms. The van der Waals surface area contributed by atoms with E-state index in [9.17, 15) is 0 Å². The van der Waals surface area contributed by atoms with Gasteiger partial charge in [0, 0.05) is 90.3 Å². The molecular weight excluding hydrogens is 1030 g/mol. The third-order valence-corrected chi connectivity index (χ3v) is 18.5. The summed E-state index contributed by atoms with van der Waals surface area (Å²) in [5.74, 6) is 0. The first-order valence-corrected chi connectivity index (χ1v) is 26.0. The third kappa shape index (κ3) is 7.07. The predicted octanol–water partition coefficient (Wildman–Crippen LogP) is 20.1. The number of hydrogen-bond donors (Lipinski definition) is 2. The Morgan fingerprint density at radius 2 is 0.800 bits per heavy atom. The summed E-state index contributed by atoms with van der Waals surface area (Å²) in [7, 11) is 0. The molecule has 0 fully saturated rings. The molecule has 9 heteroatoms. The number of halogens is 3. The summed E-state index contributed by atoms with van der Waals surface area (Å²) < 4.78 is 12.1. The number of para-hydroxylation sites is 2. The minimum Gasteiger partial charge on any atom is -0.398 e. The molecule has 3 N–H and O–H groups in total. The second-order valence-corrected chi connectivity index (χ2v) is 22.0. The van der Waals surface area contributed by atoms with Crippen molar-refractivity contribution in [2.24, 2.45) is 0 Å². The summed E-state index contributed by atoms with van der Waals surface area (Å²) in [5, 5.41) is 21.3. The van der Waals surface area contributed by atoms with Crippen LogP contribution >= 0.6 is 91.1 Å². The molecule has 0 aliphatic carbocycles. The van der Waals surface area contributed by atoms with Crippen LogP contribution in [-0.4, -0.2) is 0 Å². The van der Waals surface area contributed by atoms with E-state index in [0.717, 1.165) is 16.4 Å². The zero-order valence-corrected chi connectivity index (χ0v) is 41.1. The maximum absolute atomic E-state index is 6.49. The van der Waals surface area contributed by atoms with E-state index < -0.39 is 0 Å². The van der Waals surface area contributed by atoms with Crippen molar-refractivity contribution in [1.29, 1.82) is 0 Å². The lowest BCUT2D eigenvalue weighted by atomic mass is 9.98. The molecule has 2 nitrogen and oxygen atoms in total. The van der Waals surface area contributed by atoms with Gasteiger partial charge in [-0.1, -0.05) is 132 Å². The number of benzene rings is 10. The summed E-state index contributed by atoms with van der Waals surface area (Å²) in [6.07, 6.45) is 0. The summed E-state index contributed by atoms with van der Waals surface area (Å²) in [4.78, 5) is 0. The average Bonchev–Trinajstić information content (AvgIpc) is 4.12. The molecule has 0 atom stereocenters. The van der Waals surface area contributed by atoms with Crippen LogP contribution in [0.25, 0.3) is 102 Å². The van der Waals surface area contributed by atoms with Crippen LogP contribution in [-0.2, 0) is 0 Å². The van der Waals surface area contributed by atoms with E-state index in [1.165, 1.54) is 106 Å². The second kappa shape index (κ2) is 16.7. The lowest BCUT2D eigenvalue weighted by molar-refractivity contribution is 1.60. The molecule has 10 aromatic carbocycles. The molecule has 0 bridgehead atoms. The molecule has 0 aliphatic heterocycles. The van der Waals surface area contributed by atoms with E-state index >= 15 is 0 Å². The van der Waals surface area contributed by atoms with E-state index in [1.807, 2.05) is 81.7 Å². The fourth-order valence-corrected chi connectivity index (χ4v) is 14.9. The van der Waals surface area contributed by atoms with Crippen molar-refractivity contribution in [3.63, 3.8) is 0 Å². The Morgan fingerprint density at radius 1 is 0.369 bits per heavy atom. The zero-order chi connectivity index (χ0) is 43.8. The van der Waals surface area contributed by atoms with Crippen molar-refractivity contribution in [3.05, 3.63) is 196 Å². The number of nitrogen functional groups attached to an aromatic ring is 1. The lowest BCUT2D eigenvalue weighted by Crippen LogP contribution is -1.92. The molecule has 0 radical (unpaired) electrons. The highest BCUT2D eigenvalue weighted by molar-refractivity contribution is 14.1. The Morgan fingerprint density at radius 3 is 1.32 bits per heavy atom. The van der Waals surface area contributed by atoms with Crippen molar-refractivity contribution in [2.75, 3.05) is 11.1 Å². The maximum atomic E-state index is 6.49. The summed E-state index contributed by atoms with van der Waals surface area (Å²) in [5.41, 5.74) is 8.04. The number of rotatable bonds is 2. The summed E-state index contributed by atoms with van der Waals surface area (Å²) in [6.45, 7) is 0. The first-order chi connectivity index (χ1) is 31.9. The largest absolute Gasteiger partial charge is 0.398 e. The van der Waals surface area contributed by atoms with Crippen LogP contribution in [0, 0.1) is 3.57 Å². The number of fused-ring (bicyclic) bond motifs is 18. The molecule has 4 aromatic heterocycles. The molecule has 0 aliphatic rings. The number of hydrogen-bond acceptors (Lipinski definition) is 6. The minimum absolute atomic E-state index is 0.618. The SMILES string of the molecule is Clc1ccccc1Nc1cc2ccc3sc4ccccc4c3c2c2c1sc1ccccc12.Ic1cc2ccc3sc4ccccc4c3c2c2c1sc1ccccc12.Nc1ccccc1Cl. The third-order valence-electron chi connectivity index (χ3n) is 11.9. The van der Waals surface area contributed by atoms with Crippen molar-refractivity contribution >= 4 is 210 Å². The van der Waals surface area contributed by atoms with Gasteiger partial charge < -0.3 is 11.1 Å². The van der Waals surface area contributed by atoms with Gasteiger partial charge in [-0.2, -0.15) is 0 Å². The Bertz CT molecular complexity index is 4160. The van der Waals surface area contributed by atoms with Gasteiger partial charge in [0.05, 0.1) is 31.8 Å². The molecule has 14 aromatic rings. The zero-order valence-electron chi connectivity index (χ0n) is 34.2. The van der Waals surface area contributed by atoms with Gasteiger partial charge in [0.1, 0.15) is 0 Å². The fraction of sp³-hybridized carbons (Fsp3) is 0. The number of nitrogens with one attached hydrogen (secondary N) is 1. The van der Waals surface area contributed by atoms with E-state index in [-0.39, 0.29) is 0 Å². The Kier molecular flexibility index (Phi) is 10.6. The monoisotopic (exact) mass is 1060 g/mol. The molecule has 0 amide bonds. The van der Waals surface area contributed by atoms with Gasteiger partial charge in [0.15, 0.2) is 0 Å². The minimum atomic E-state index is 0.618. The van der Waals surface area contributed by atoms with Crippen LogP contribution in [0.1, 0.15) is 0 Å². The molecule has 0 unspecified atom stereocenters. The van der Waals surface area contributed by atoms with Crippen LogP contribution < -0.4 is 11.1 Å². The summed E-state index contributed by atoms with van der Waals surface area (Å²) in [6, 6.07) is 64.0. The van der Waals surface area contributed by atoms with Crippen LogP contribution in [0.5, 0.6) is 0 Å². The van der Waals surface area contributed by atoms with Crippen molar-refractivity contribution in [3.8, 4) is 0 Å². The van der Waals surface area contributed by atoms with E-state index in [0.29, 0.717) is 10.7 Å². The van der Waals surface area contributed by atoms with Crippen LogP contribution in [0.15, 0.2) is 182 Å². The number of anilines is 3. The Hall–Kier alpha value is -5.49. The van der Waals surface area contributed by atoms with Crippen LogP contribution in [0.4, 0.5) is 17.1 Å². The smallest absolute Gasteiger partial charge is 0.0640 e. The summed E-state index contributed by atoms with van der Waals surface area (Å²) >= 11 is 22.1. The molecule has 312 valence electrons. The highest BCUT2D eigenvalue weighted by Gasteiger charge is 2.19. The molecule has 0 spiro atoms. The van der Waals surface area contributed by atoms with E-state index in [1.54, 1.807) is 12.1 Å². The van der Waals surface area contributed by atoms with Gasteiger partial charge in [0.25, 0.3) is 0 Å². The predicted molar refractivity (Wildman–Crippen MR) is 303 cm³/mol. The molecule has 0 saturated heterocycles. The first kappa shape index (κ1) is 41.0. The fourth-order valence-electron chi connectivity index (χ4n) is 9.09. The standard InChI is InChI=1S/C28H16ClNS2.C22H11IS2.C6H6ClN/c29-19-9-3-4-10-20(19)30-21-15-16-13-14-24-26(17-7-1-5-11-22(17)31-24)25(16)27-18-8-2-6-12-23(18)32-28(21)27;23-15-11-12-9-10-18-20(13-5-1-3-7-16(13)24-18)19(12)21-14-6-2-4-8-17(14)25-22(15)21;7-5-3-1-2-4-6(5)8/h1-15,30H;1-11H;1-4H,8H2. The number of nitrogens with two attached hydrogens (primary N) is 1. The molecule has 14 rings (SSSR count). The highest BCUT2D eigenvalue weighted by Crippen LogP contribution is 2.49. The maximum Gasteiger partial charge on any atom is 0.0640 e. The van der Waals surface area contributed by atoms with Crippen molar-refractivity contribution < 1.29 is 0 Å². The molecular formula is C56H33Cl2IN2S4. The van der Waals surface area contributed by atoms with E-state index in [4.69, 9.17) is 28.9 Å². The average molecular weight is 1060 g/mol. The van der Waals surface area contributed by atoms with Crippen molar-refractivity contribution in [2.45, 2.75) is 0 Å². The molecule has 4 heterocycles. The highest BCUT2D eigenvalue weighted by atomic mass is 127. The number of thiophene rings is 4. The van der Waals surface area contributed by atoms with Gasteiger partial charge in [-0.15, -0.1) is 45.3 Å². The van der Waals surface area contributed by atoms with E-state index in [2.05, 4.69) is 161 Å². The first-order valence-electron chi connectivity index (χ1n) is 20.9. The Balaban J connectivity index is 0.000000119. The van der Waals surface area contributed by atoms with Gasteiger partial charge in [-0.3, -0.25) is 0 Å². The topological polar surface area (TPSA) is 38.0 Å². The van der Waals surface area contributed by atoms with Crippen LogP contribution in [0.2, 0.25) is 10.0 Å². The van der Waals surface area contributed by atoms with Crippen LogP contribution in [0.3, 0.4) is 0 Å². The van der Waals surface area contributed by atoms with Gasteiger partial charge in [-0.05, 0) is 106 Å². The Labute approximate surface area is 413 Å². The second-order valence-electron chi connectivity index (χ2n) is 15.8. The lowest BCUT2D eigenvalue weighted by Gasteiger charge is -2.12.